The van der Waals surface area contributed by atoms with Gasteiger partial charge in [0, 0.05) is 31.1 Å². The molecule has 0 bridgehead atoms. The maximum Gasteiger partial charge on any atom is 0.241 e. The summed E-state index contributed by atoms with van der Waals surface area (Å²) in [5.41, 5.74) is 0. The highest BCUT2D eigenvalue weighted by atomic mass is 32.2. The van der Waals surface area contributed by atoms with Crippen LogP contribution >= 0.6 is 0 Å². The second kappa shape index (κ2) is 12.5. The fourth-order valence-corrected chi connectivity index (χ4v) is 6.05. The number of nitrogens with one attached hydrogen (secondary N) is 4. The van der Waals surface area contributed by atoms with Crippen LogP contribution in [-0.2, 0) is 10.0 Å². The maximum absolute atomic E-state index is 13.0. The molecule has 1 aliphatic rings. The summed E-state index contributed by atoms with van der Waals surface area (Å²) in [6.45, 7) is 8.26. The monoisotopic (exact) mass is 525 g/mol. The molecule has 0 unspecified atom stereocenters. The molecule has 3 aromatic rings. The summed E-state index contributed by atoms with van der Waals surface area (Å²) < 4.78 is 29.0. The van der Waals surface area contributed by atoms with Gasteiger partial charge in [0.25, 0.3) is 0 Å². The van der Waals surface area contributed by atoms with Gasteiger partial charge in [-0.2, -0.15) is 15.0 Å². The SMILES string of the molecule is CCCNc1nc(NCC2CCC(CNS(=O)(=O)c3cccc4ccccc34)CC2)nc(NC(C)C)n1. The van der Waals surface area contributed by atoms with Crippen LogP contribution < -0.4 is 20.7 Å². The van der Waals surface area contributed by atoms with Gasteiger partial charge < -0.3 is 16.0 Å². The first-order valence-electron chi connectivity index (χ1n) is 13.3. The van der Waals surface area contributed by atoms with E-state index in [1.54, 1.807) is 12.1 Å². The molecule has 4 rings (SSSR count). The van der Waals surface area contributed by atoms with Gasteiger partial charge in [-0.25, -0.2) is 13.1 Å². The number of hydrogen-bond donors (Lipinski definition) is 4. The lowest BCUT2D eigenvalue weighted by atomic mass is 9.82. The number of benzene rings is 2. The molecule has 1 fully saturated rings. The van der Waals surface area contributed by atoms with Gasteiger partial charge in [-0.05, 0) is 69.2 Å². The molecule has 0 saturated heterocycles. The van der Waals surface area contributed by atoms with Gasteiger partial charge in [-0.15, -0.1) is 0 Å². The van der Waals surface area contributed by atoms with E-state index in [1.165, 1.54) is 0 Å². The van der Waals surface area contributed by atoms with Gasteiger partial charge >= 0.3 is 0 Å². The van der Waals surface area contributed by atoms with Crippen LogP contribution in [0.5, 0.6) is 0 Å². The zero-order valence-electron chi connectivity index (χ0n) is 22.0. The molecule has 1 aromatic heterocycles. The molecule has 2 aromatic carbocycles. The quantitative estimate of drug-likeness (QED) is 0.264. The van der Waals surface area contributed by atoms with Crippen LogP contribution in [0.4, 0.5) is 17.8 Å². The van der Waals surface area contributed by atoms with Gasteiger partial charge in [-0.1, -0.05) is 43.3 Å². The molecule has 4 N–H and O–H groups in total. The van der Waals surface area contributed by atoms with Gasteiger partial charge in [-0.3, -0.25) is 0 Å². The van der Waals surface area contributed by atoms with Crippen molar-refractivity contribution < 1.29 is 8.42 Å². The van der Waals surface area contributed by atoms with Crippen molar-refractivity contribution in [2.75, 3.05) is 35.6 Å². The summed E-state index contributed by atoms with van der Waals surface area (Å²) in [7, 11) is -3.57. The average molecular weight is 526 g/mol. The minimum absolute atomic E-state index is 0.225. The molecule has 0 aliphatic heterocycles. The Kier molecular flexibility index (Phi) is 9.15. The average Bonchev–Trinajstić information content (AvgIpc) is 2.89. The van der Waals surface area contributed by atoms with E-state index >= 15 is 0 Å². The molecule has 1 heterocycles. The number of hydrogen-bond acceptors (Lipinski definition) is 8. The molecule has 200 valence electrons. The predicted molar refractivity (Wildman–Crippen MR) is 150 cm³/mol. The summed E-state index contributed by atoms with van der Waals surface area (Å²) >= 11 is 0. The molecule has 0 atom stereocenters. The molecule has 10 heteroatoms. The summed E-state index contributed by atoms with van der Waals surface area (Å²) in [5, 5.41) is 11.6. The Morgan fingerprint density at radius 2 is 1.46 bits per heavy atom. The van der Waals surface area contributed by atoms with Gasteiger partial charge in [0.1, 0.15) is 0 Å². The predicted octanol–water partition coefficient (Wildman–Crippen LogP) is 4.86. The van der Waals surface area contributed by atoms with Crippen LogP contribution in [0.1, 0.15) is 52.9 Å². The summed E-state index contributed by atoms with van der Waals surface area (Å²) in [4.78, 5) is 13.9. The lowest BCUT2D eigenvalue weighted by Crippen LogP contribution is -2.32. The van der Waals surface area contributed by atoms with Gasteiger partial charge in [0.2, 0.25) is 27.9 Å². The Labute approximate surface area is 220 Å². The first-order chi connectivity index (χ1) is 17.8. The minimum Gasteiger partial charge on any atom is -0.354 e. The Balaban J connectivity index is 1.28. The first-order valence-corrected chi connectivity index (χ1v) is 14.8. The molecule has 1 aliphatic carbocycles. The topological polar surface area (TPSA) is 121 Å². The lowest BCUT2D eigenvalue weighted by molar-refractivity contribution is 0.284. The highest BCUT2D eigenvalue weighted by molar-refractivity contribution is 7.89. The standard InChI is InChI=1S/C27H39N7O2S/c1-4-16-28-25-32-26(34-27(33-25)31-19(2)3)29-17-20-12-14-21(15-13-20)18-30-37(35,36)24-11-7-9-22-8-5-6-10-23(22)24/h5-11,19-21,30H,4,12-18H2,1-3H3,(H3,28,29,31,32,33,34). The second-order valence-electron chi connectivity index (χ2n) is 10.1. The van der Waals surface area contributed by atoms with Crippen LogP contribution in [0.2, 0.25) is 0 Å². The van der Waals surface area contributed by atoms with E-state index < -0.39 is 10.0 Å². The van der Waals surface area contributed by atoms with Crippen LogP contribution in [0.3, 0.4) is 0 Å². The highest BCUT2D eigenvalue weighted by Crippen LogP contribution is 2.29. The van der Waals surface area contributed by atoms with Crippen molar-refractivity contribution in [3.63, 3.8) is 0 Å². The molecule has 0 radical (unpaired) electrons. The fraction of sp³-hybridized carbons (Fsp3) is 0.519. The van der Waals surface area contributed by atoms with E-state index in [4.69, 9.17) is 0 Å². The third-order valence-corrected chi connectivity index (χ3v) is 8.18. The summed E-state index contributed by atoms with van der Waals surface area (Å²) in [6.07, 6.45) is 5.05. The Morgan fingerprint density at radius 1 is 0.838 bits per heavy atom. The smallest absolute Gasteiger partial charge is 0.241 e. The fourth-order valence-electron chi connectivity index (χ4n) is 4.70. The normalized spacial score (nSPS) is 18.2. The van der Waals surface area contributed by atoms with Gasteiger partial charge in [0.05, 0.1) is 4.90 Å². The summed E-state index contributed by atoms with van der Waals surface area (Å²) in [6, 6.07) is 13.2. The first kappa shape index (κ1) is 27.1. The van der Waals surface area contributed by atoms with Crippen LogP contribution in [-0.4, -0.2) is 49.0 Å². The zero-order valence-corrected chi connectivity index (χ0v) is 22.8. The van der Waals surface area contributed by atoms with Gasteiger partial charge in [0.15, 0.2) is 0 Å². The van der Waals surface area contributed by atoms with Crippen molar-refractivity contribution in [1.29, 1.82) is 0 Å². The van der Waals surface area contributed by atoms with Crippen molar-refractivity contribution in [3.8, 4) is 0 Å². The number of fused-ring (bicyclic) bond motifs is 1. The van der Waals surface area contributed by atoms with Crippen molar-refractivity contribution in [2.45, 2.75) is 63.8 Å². The van der Waals surface area contributed by atoms with E-state index in [2.05, 4.69) is 56.4 Å². The largest absolute Gasteiger partial charge is 0.354 e. The zero-order chi connectivity index (χ0) is 26.3. The van der Waals surface area contributed by atoms with E-state index in [-0.39, 0.29) is 6.04 Å². The van der Waals surface area contributed by atoms with E-state index in [0.717, 1.165) is 56.0 Å². The van der Waals surface area contributed by atoms with Crippen molar-refractivity contribution in [1.82, 2.24) is 19.7 Å². The second-order valence-corrected chi connectivity index (χ2v) is 11.9. The number of anilines is 3. The molecule has 0 spiro atoms. The Hall–Kier alpha value is -2.98. The maximum atomic E-state index is 13.0. The van der Waals surface area contributed by atoms with Crippen LogP contribution in [0, 0.1) is 11.8 Å². The number of sulfonamides is 1. The lowest BCUT2D eigenvalue weighted by Gasteiger charge is -2.28. The highest BCUT2D eigenvalue weighted by Gasteiger charge is 2.24. The number of aromatic nitrogens is 3. The molecule has 9 nitrogen and oxygen atoms in total. The van der Waals surface area contributed by atoms with E-state index in [1.807, 2.05) is 30.3 Å². The molecule has 0 amide bonds. The molecule has 37 heavy (non-hydrogen) atoms. The minimum atomic E-state index is -3.57. The number of rotatable bonds is 12. The molecule has 1 saturated carbocycles. The van der Waals surface area contributed by atoms with Crippen molar-refractivity contribution in [2.24, 2.45) is 11.8 Å². The molecular formula is C27H39N7O2S. The Morgan fingerprint density at radius 3 is 2.16 bits per heavy atom. The van der Waals surface area contributed by atoms with E-state index in [0.29, 0.717) is 41.1 Å². The Bertz CT molecular complexity index is 1270. The summed E-state index contributed by atoms with van der Waals surface area (Å²) in [5.74, 6) is 2.54. The van der Waals surface area contributed by atoms with Crippen LogP contribution in [0.15, 0.2) is 47.4 Å². The third kappa shape index (κ3) is 7.52. The van der Waals surface area contributed by atoms with Crippen molar-refractivity contribution >= 4 is 38.6 Å². The van der Waals surface area contributed by atoms with E-state index in [9.17, 15) is 8.42 Å². The molecular weight excluding hydrogens is 486 g/mol. The van der Waals surface area contributed by atoms with Crippen molar-refractivity contribution in [3.05, 3.63) is 42.5 Å². The van der Waals surface area contributed by atoms with Crippen LogP contribution in [0.25, 0.3) is 10.8 Å². The third-order valence-electron chi connectivity index (χ3n) is 6.70. The number of nitrogens with zero attached hydrogens (tertiary/aromatic N) is 3.